The molecular formula is C21H17ClN2O. The highest BCUT2D eigenvalue weighted by Gasteiger charge is 2.25. The van der Waals surface area contributed by atoms with Gasteiger partial charge in [0.15, 0.2) is 0 Å². The summed E-state index contributed by atoms with van der Waals surface area (Å²) in [6.45, 7) is 0. The third-order valence-electron chi connectivity index (χ3n) is 4.18. The van der Waals surface area contributed by atoms with Gasteiger partial charge in [-0.15, -0.1) is 0 Å². The Kier molecular flexibility index (Phi) is 4.40. The maximum Gasteiger partial charge on any atom is 0.129 e. The maximum atomic E-state index is 6.19. The Hall–Kier alpha value is -2.78. The summed E-state index contributed by atoms with van der Waals surface area (Å²) in [4.78, 5) is 0. The molecule has 25 heavy (non-hydrogen) atoms. The molecule has 0 spiro atoms. The molecule has 124 valence electrons. The van der Waals surface area contributed by atoms with Crippen molar-refractivity contribution in [1.82, 2.24) is 0 Å². The Morgan fingerprint density at radius 3 is 2.40 bits per heavy atom. The molecule has 1 N–H and O–H groups in total. The quantitative estimate of drug-likeness (QED) is 0.618. The molecule has 0 radical (unpaired) electrons. The van der Waals surface area contributed by atoms with Crippen molar-refractivity contribution in [3.05, 3.63) is 95.0 Å². The number of benzene rings is 3. The molecule has 0 aliphatic carbocycles. The van der Waals surface area contributed by atoms with Gasteiger partial charge >= 0.3 is 0 Å². The highest BCUT2D eigenvalue weighted by molar-refractivity contribution is 6.30. The fraction of sp³-hybridized carbons (Fsp3) is 0.0952. The van der Waals surface area contributed by atoms with E-state index >= 15 is 0 Å². The van der Waals surface area contributed by atoms with Gasteiger partial charge in [-0.3, -0.25) is 5.43 Å². The van der Waals surface area contributed by atoms with Gasteiger partial charge in [0.25, 0.3) is 0 Å². The number of halogens is 1. The zero-order valence-electron chi connectivity index (χ0n) is 13.5. The molecule has 1 atom stereocenters. The van der Waals surface area contributed by atoms with Crippen LogP contribution in [0.5, 0.6) is 5.75 Å². The molecular weight excluding hydrogens is 332 g/mol. The van der Waals surface area contributed by atoms with E-state index in [9.17, 15) is 0 Å². The van der Waals surface area contributed by atoms with Crippen molar-refractivity contribution >= 4 is 23.0 Å². The van der Waals surface area contributed by atoms with Crippen LogP contribution >= 0.6 is 11.6 Å². The standard InChI is InChI=1S/C21H17ClN2O/c22-16-10-12-17(13-11-16)23-24-19-14-21(15-6-2-1-3-7-15)25-20-9-5-4-8-18(19)20/h1-13,21,23H,14H2/t21-/m0/s1. The summed E-state index contributed by atoms with van der Waals surface area (Å²) in [6.07, 6.45) is 0.670. The summed E-state index contributed by atoms with van der Waals surface area (Å²) in [5, 5.41) is 5.35. The van der Waals surface area contributed by atoms with Crippen LogP contribution in [-0.2, 0) is 0 Å². The lowest BCUT2D eigenvalue weighted by atomic mass is 9.96. The molecule has 4 heteroatoms. The second-order valence-electron chi connectivity index (χ2n) is 5.89. The Morgan fingerprint density at radius 1 is 0.880 bits per heavy atom. The van der Waals surface area contributed by atoms with Crippen molar-refractivity contribution in [2.45, 2.75) is 12.5 Å². The van der Waals surface area contributed by atoms with E-state index < -0.39 is 0 Å². The Morgan fingerprint density at radius 2 is 1.60 bits per heavy atom. The first kappa shape index (κ1) is 15.7. The zero-order valence-corrected chi connectivity index (χ0v) is 14.3. The summed E-state index contributed by atoms with van der Waals surface area (Å²) >= 11 is 5.93. The normalized spacial score (nSPS) is 17.6. The van der Waals surface area contributed by atoms with Crippen LogP contribution in [0.3, 0.4) is 0 Å². The zero-order chi connectivity index (χ0) is 17.1. The van der Waals surface area contributed by atoms with E-state index in [1.165, 1.54) is 0 Å². The van der Waals surface area contributed by atoms with Crippen LogP contribution in [0, 0.1) is 0 Å². The number of nitrogens with one attached hydrogen (secondary N) is 1. The van der Waals surface area contributed by atoms with Gasteiger partial charge < -0.3 is 4.74 Å². The molecule has 3 aromatic carbocycles. The molecule has 3 nitrogen and oxygen atoms in total. The summed E-state index contributed by atoms with van der Waals surface area (Å²) in [5.41, 5.74) is 7.18. The van der Waals surface area contributed by atoms with E-state index in [-0.39, 0.29) is 6.10 Å². The first-order valence-electron chi connectivity index (χ1n) is 8.19. The predicted molar refractivity (Wildman–Crippen MR) is 102 cm³/mol. The first-order chi connectivity index (χ1) is 12.3. The highest BCUT2D eigenvalue weighted by atomic mass is 35.5. The lowest BCUT2D eigenvalue weighted by Crippen LogP contribution is -2.21. The van der Waals surface area contributed by atoms with E-state index in [0.29, 0.717) is 11.4 Å². The molecule has 1 heterocycles. The van der Waals surface area contributed by atoms with Crippen LogP contribution in [-0.4, -0.2) is 5.71 Å². The third-order valence-corrected chi connectivity index (χ3v) is 4.43. The molecule has 0 saturated carbocycles. The number of fused-ring (bicyclic) bond motifs is 1. The lowest BCUT2D eigenvalue weighted by molar-refractivity contribution is 0.206. The number of rotatable bonds is 3. The lowest BCUT2D eigenvalue weighted by Gasteiger charge is -2.27. The minimum Gasteiger partial charge on any atom is -0.485 e. The van der Waals surface area contributed by atoms with Crippen LogP contribution in [0.4, 0.5) is 5.69 Å². The van der Waals surface area contributed by atoms with Crippen molar-refractivity contribution in [3.8, 4) is 5.75 Å². The highest BCUT2D eigenvalue weighted by Crippen LogP contribution is 2.35. The van der Waals surface area contributed by atoms with Crippen LogP contribution in [0.25, 0.3) is 0 Å². The van der Waals surface area contributed by atoms with Gasteiger partial charge in [-0.05, 0) is 42.0 Å². The van der Waals surface area contributed by atoms with Gasteiger partial charge in [0, 0.05) is 17.0 Å². The average Bonchev–Trinajstić information content (AvgIpc) is 2.68. The van der Waals surface area contributed by atoms with Gasteiger partial charge in [0.1, 0.15) is 11.9 Å². The maximum absolute atomic E-state index is 6.19. The molecule has 0 amide bonds. The Balaban J connectivity index is 1.65. The number of nitrogens with zero attached hydrogens (tertiary/aromatic N) is 1. The number of hydrogen-bond acceptors (Lipinski definition) is 3. The van der Waals surface area contributed by atoms with E-state index in [4.69, 9.17) is 16.3 Å². The van der Waals surface area contributed by atoms with Gasteiger partial charge in [-0.1, -0.05) is 54.1 Å². The molecule has 0 bridgehead atoms. The fourth-order valence-electron chi connectivity index (χ4n) is 2.90. The molecule has 1 aliphatic heterocycles. The number of para-hydroxylation sites is 1. The first-order valence-corrected chi connectivity index (χ1v) is 8.56. The minimum atomic E-state index is -0.0399. The second-order valence-corrected chi connectivity index (χ2v) is 6.33. The third kappa shape index (κ3) is 3.52. The Labute approximate surface area is 151 Å². The molecule has 3 aromatic rings. The van der Waals surface area contributed by atoms with Crippen molar-refractivity contribution in [3.63, 3.8) is 0 Å². The summed E-state index contributed by atoms with van der Waals surface area (Å²) < 4.78 is 6.19. The van der Waals surface area contributed by atoms with Gasteiger partial charge in [0.2, 0.25) is 0 Å². The topological polar surface area (TPSA) is 33.6 Å². The monoisotopic (exact) mass is 348 g/mol. The molecule has 0 saturated heterocycles. The number of hydrazone groups is 1. The smallest absolute Gasteiger partial charge is 0.129 e. The van der Waals surface area contributed by atoms with Crippen molar-refractivity contribution in [1.29, 1.82) is 0 Å². The SMILES string of the molecule is Clc1ccc(NN=C2C[C@@H](c3ccccc3)Oc3ccccc32)cc1. The minimum absolute atomic E-state index is 0.0399. The van der Waals surface area contributed by atoms with E-state index in [1.807, 2.05) is 66.7 Å². The van der Waals surface area contributed by atoms with Gasteiger partial charge in [0.05, 0.1) is 11.4 Å². The summed E-state index contributed by atoms with van der Waals surface area (Å²) in [7, 11) is 0. The fourth-order valence-corrected chi connectivity index (χ4v) is 3.03. The molecule has 4 rings (SSSR count). The van der Waals surface area contributed by atoms with E-state index in [2.05, 4.69) is 22.7 Å². The van der Waals surface area contributed by atoms with E-state index in [1.54, 1.807) is 0 Å². The number of anilines is 1. The molecule has 0 unspecified atom stereocenters. The van der Waals surface area contributed by atoms with Gasteiger partial charge in [-0.25, -0.2) is 0 Å². The Bertz CT molecular complexity index is 891. The molecule has 0 fully saturated rings. The van der Waals surface area contributed by atoms with Crippen LogP contribution in [0.15, 0.2) is 84.0 Å². The van der Waals surface area contributed by atoms with Crippen LogP contribution < -0.4 is 10.2 Å². The largest absolute Gasteiger partial charge is 0.485 e. The average molecular weight is 349 g/mol. The van der Waals surface area contributed by atoms with Crippen LogP contribution in [0.2, 0.25) is 5.02 Å². The van der Waals surface area contributed by atoms with Crippen molar-refractivity contribution < 1.29 is 4.74 Å². The summed E-state index contributed by atoms with van der Waals surface area (Å²) in [6, 6.07) is 25.8. The van der Waals surface area contributed by atoms with Crippen LogP contribution in [0.1, 0.15) is 23.7 Å². The van der Waals surface area contributed by atoms with Crippen molar-refractivity contribution in [2.24, 2.45) is 5.10 Å². The van der Waals surface area contributed by atoms with Crippen molar-refractivity contribution in [2.75, 3.05) is 5.43 Å². The predicted octanol–water partition coefficient (Wildman–Crippen LogP) is 5.68. The molecule has 0 aromatic heterocycles. The number of hydrogen-bond donors (Lipinski definition) is 1. The molecule has 1 aliphatic rings. The number of ether oxygens (including phenoxy) is 1. The second kappa shape index (κ2) is 6.99. The van der Waals surface area contributed by atoms with Gasteiger partial charge in [-0.2, -0.15) is 5.10 Å². The van der Waals surface area contributed by atoms with E-state index in [0.717, 1.165) is 28.3 Å². The summed E-state index contributed by atoms with van der Waals surface area (Å²) in [5.74, 6) is 0.860.